The van der Waals surface area contributed by atoms with Crippen molar-refractivity contribution >= 4 is 21.6 Å². The fourth-order valence-corrected chi connectivity index (χ4v) is 1.74. The summed E-state index contributed by atoms with van der Waals surface area (Å²) in [5.74, 6) is 0. The number of alkyl halides is 1. The van der Waals surface area contributed by atoms with Gasteiger partial charge in [-0.1, -0.05) is 22.0 Å². The zero-order valence-electron chi connectivity index (χ0n) is 7.76. The summed E-state index contributed by atoms with van der Waals surface area (Å²) in [6, 6.07) is 6.51. The van der Waals surface area contributed by atoms with Crippen molar-refractivity contribution in [3.05, 3.63) is 29.3 Å². The lowest BCUT2D eigenvalue weighted by Gasteiger charge is -2.14. The van der Waals surface area contributed by atoms with E-state index in [0.29, 0.717) is 0 Å². The van der Waals surface area contributed by atoms with Crippen LogP contribution < -0.4 is 4.90 Å². The maximum Gasteiger partial charge on any atom is 0.0363 e. The van der Waals surface area contributed by atoms with E-state index in [0.717, 1.165) is 5.33 Å². The summed E-state index contributed by atoms with van der Waals surface area (Å²) >= 11 is 3.46. The molecule has 1 aromatic rings. The Balaban J connectivity index is 3.02. The fraction of sp³-hybridized carbons (Fsp3) is 0.400. The first-order chi connectivity index (χ1) is 5.65. The minimum Gasteiger partial charge on any atom is -0.378 e. The van der Waals surface area contributed by atoms with Crippen LogP contribution in [0.2, 0.25) is 0 Å². The molecule has 1 aromatic carbocycles. The molecular formula is C10H14BrN. The molecule has 0 N–H and O–H groups in total. The largest absolute Gasteiger partial charge is 0.378 e. The first-order valence-corrected chi connectivity index (χ1v) is 5.10. The number of hydrogen-bond donors (Lipinski definition) is 0. The van der Waals surface area contributed by atoms with Crippen LogP contribution in [0.3, 0.4) is 0 Å². The average molecular weight is 228 g/mol. The van der Waals surface area contributed by atoms with Gasteiger partial charge in [0.05, 0.1) is 0 Å². The molecule has 0 bridgehead atoms. The second-order valence-corrected chi connectivity index (χ2v) is 3.70. The summed E-state index contributed by atoms with van der Waals surface area (Å²) in [6.07, 6.45) is 0. The monoisotopic (exact) mass is 227 g/mol. The van der Waals surface area contributed by atoms with Crippen molar-refractivity contribution in [3.8, 4) is 0 Å². The maximum absolute atomic E-state index is 3.46. The Bertz CT molecular complexity index is 269. The summed E-state index contributed by atoms with van der Waals surface area (Å²) < 4.78 is 0. The van der Waals surface area contributed by atoms with Crippen molar-refractivity contribution in [2.24, 2.45) is 0 Å². The van der Waals surface area contributed by atoms with Crippen LogP contribution in [-0.4, -0.2) is 14.1 Å². The van der Waals surface area contributed by atoms with Gasteiger partial charge in [-0.15, -0.1) is 0 Å². The third kappa shape index (κ3) is 2.01. The van der Waals surface area contributed by atoms with E-state index in [1.165, 1.54) is 16.8 Å². The second-order valence-electron chi connectivity index (χ2n) is 3.14. The van der Waals surface area contributed by atoms with E-state index in [2.05, 4.69) is 60.0 Å². The molecule has 2 heteroatoms. The van der Waals surface area contributed by atoms with Crippen LogP contribution in [0.1, 0.15) is 11.1 Å². The smallest absolute Gasteiger partial charge is 0.0363 e. The number of benzene rings is 1. The Labute approximate surface area is 82.5 Å². The Morgan fingerprint density at radius 1 is 1.33 bits per heavy atom. The minimum atomic E-state index is 0.937. The second kappa shape index (κ2) is 3.94. The molecule has 0 amide bonds. The van der Waals surface area contributed by atoms with Crippen LogP contribution in [0.15, 0.2) is 18.2 Å². The highest BCUT2D eigenvalue weighted by atomic mass is 79.9. The molecule has 0 aliphatic heterocycles. The third-order valence-electron chi connectivity index (χ3n) is 1.99. The topological polar surface area (TPSA) is 3.24 Å². The number of halogens is 1. The van der Waals surface area contributed by atoms with E-state index in [1.807, 2.05) is 0 Å². The molecule has 0 aliphatic rings. The molecule has 1 rings (SSSR count). The maximum atomic E-state index is 3.46. The van der Waals surface area contributed by atoms with Crippen LogP contribution in [0.5, 0.6) is 0 Å². The highest BCUT2D eigenvalue weighted by Gasteiger charge is 1.99. The highest BCUT2D eigenvalue weighted by molar-refractivity contribution is 9.08. The number of hydrogen-bond acceptors (Lipinski definition) is 1. The van der Waals surface area contributed by atoms with Gasteiger partial charge >= 0.3 is 0 Å². The first-order valence-electron chi connectivity index (χ1n) is 3.98. The molecule has 66 valence electrons. The lowest BCUT2D eigenvalue weighted by Crippen LogP contribution is -2.08. The molecule has 0 saturated heterocycles. The third-order valence-corrected chi connectivity index (χ3v) is 2.59. The Kier molecular flexibility index (Phi) is 3.15. The number of aryl methyl sites for hydroxylation is 1. The minimum absolute atomic E-state index is 0.937. The van der Waals surface area contributed by atoms with E-state index in [4.69, 9.17) is 0 Å². The van der Waals surface area contributed by atoms with Gasteiger partial charge in [0, 0.05) is 25.1 Å². The Morgan fingerprint density at radius 2 is 2.00 bits per heavy atom. The van der Waals surface area contributed by atoms with Gasteiger partial charge < -0.3 is 4.90 Å². The quantitative estimate of drug-likeness (QED) is 0.703. The summed E-state index contributed by atoms with van der Waals surface area (Å²) in [5, 5.41) is 0.937. The summed E-state index contributed by atoms with van der Waals surface area (Å²) in [4.78, 5) is 2.12. The zero-order chi connectivity index (χ0) is 9.14. The molecule has 0 radical (unpaired) electrons. The molecule has 0 unspecified atom stereocenters. The predicted molar refractivity (Wildman–Crippen MR) is 58.1 cm³/mol. The highest BCUT2D eigenvalue weighted by Crippen LogP contribution is 2.18. The first kappa shape index (κ1) is 9.59. The summed E-state index contributed by atoms with van der Waals surface area (Å²) in [7, 11) is 4.12. The van der Waals surface area contributed by atoms with Gasteiger partial charge in [0.1, 0.15) is 0 Å². The summed E-state index contributed by atoms with van der Waals surface area (Å²) in [5.41, 5.74) is 3.97. The lowest BCUT2D eigenvalue weighted by atomic mass is 10.1. The molecule has 0 aromatic heterocycles. The van der Waals surface area contributed by atoms with Gasteiger partial charge in [-0.25, -0.2) is 0 Å². The normalized spacial score (nSPS) is 10.0. The molecule has 0 aliphatic carbocycles. The van der Waals surface area contributed by atoms with Gasteiger partial charge in [-0.05, 0) is 30.2 Å². The van der Waals surface area contributed by atoms with E-state index in [-0.39, 0.29) is 0 Å². The van der Waals surface area contributed by atoms with Crippen LogP contribution >= 0.6 is 15.9 Å². The van der Waals surface area contributed by atoms with E-state index < -0.39 is 0 Å². The molecule has 0 saturated carbocycles. The van der Waals surface area contributed by atoms with Crippen LogP contribution in [-0.2, 0) is 5.33 Å². The van der Waals surface area contributed by atoms with Gasteiger partial charge in [-0.3, -0.25) is 0 Å². The standard InChI is InChI=1S/C10H14BrN/c1-8-6-10(12(2)3)5-4-9(8)7-11/h4-6H,7H2,1-3H3. The van der Waals surface area contributed by atoms with E-state index in [1.54, 1.807) is 0 Å². The lowest BCUT2D eigenvalue weighted by molar-refractivity contribution is 1.12. The van der Waals surface area contributed by atoms with Gasteiger partial charge in [0.15, 0.2) is 0 Å². The molecule has 0 heterocycles. The molecule has 12 heavy (non-hydrogen) atoms. The number of rotatable bonds is 2. The Hall–Kier alpha value is -0.500. The molecule has 0 atom stereocenters. The van der Waals surface area contributed by atoms with Gasteiger partial charge in [0.2, 0.25) is 0 Å². The van der Waals surface area contributed by atoms with Crippen molar-refractivity contribution in [1.29, 1.82) is 0 Å². The molecule has 0 spiro atoms. The average Bonchev–Trinajstić information content (AvgIpc) is 2.04. The fourth-order valence-electron chi connectivity index (χ4n) is 1.11. The van der Waals surface area contributed by atoms with Gasteiger partial charge in [-0.2, -0.15) is 0 Å². The zero-order valence-corrected chi connectivity index (χ0v) is 9.35. The Morgan fingerprint density at radius 3 is 2.42 bits per heavy atom. The SMILES string of the molecule is Cc1cc(N(C)C)ccc1CBr. The predicted octanol–water partition coefficient (Wildman–Crippen LogP) is 2.96. The summed E-state index contributed by atoms with van der Waals surface area (Å²) in [6.45, 7) is 2.14. The van der Waals surface area contributed by atoms with Crippen molar-refractivity contribution in [3.63, 3.8) is 0 Å². The number of nitrogens with zero attached hydrogens (tertiary/aromatic N) is 1. The molecule has 0 fully saturated rings. The van der Waals surface area contributed by atoms with E-state index in [9.17, 15) is 0 Å². The van der Waals surface area contributed by atoms with Crippen molar-refractivity contribution in [2.45, 2.75) is 12.3 Å². The van der Waals surface area contributed by atoms with Crippen molar-refractivity contribution in [1.82, 2.24) is 0 Å². The molecule has 1 nitrogen and oxygen atoms in total. The number of anilines is 1. The van der Waals surface area contributed by atoms with Crippen LogP contribution in [0, 0.1) is 6.92 Å². The van der Waals surface area contributed by atoms with Crippen LogP contribution in [0.25, 0.3) is 0 Å². The van der Waals surface area contributed by atoms with E-state index >= 15 is 0 Å². The van der Waals surface area contributed by atoms with Crippen LogP contribution in [0.4, 0.5) is 5.69 Å². The molecular weight excluding hydrogens is 214 g/mol. The van der Waals surface area contributed by atoms with Crippen molar-refractivity contribution in [2.75, 3.05) is 19.0 Å². The van der Waals surface area contributed by atoms with Gasteiger partial charge in [0.25, 0.3) is 0 Å². The van der Waals surface area contributed by atoms with Crippen molar-refractivity contribution < 1.29 is 0 Å².